The van der Waals surface area contributed by atoms with Crippen molar-refractivity contribution < 1.29 is 4.79 Å². The number of primary amides is 1. The first-order chi connectivity index (χ1) is 9.72. The SMILES string of the molecule is CCCNCc1ccccc1N1CCC(C(N)=O)CC1. The van der Waals surface area contributed by atoms with Crippen LogP contribution in [0.1, 0.15) is 31.7 Å². The fourth-order valence-corrected chi connectivity index (χ4v) is 2.77. The van der Waals surface area contributed by atoms with Gasteiger partial charge in [0, 0.05) is 31.2 Å². The van der Waals surface area contributed by atoms with Crippen LogP contribution in [0.25, 0.3) is 0 Å². The zero-order valence-electron chi connectivity index (χ0n) is 12.3. The number of hydrogen-bond acceptors (Lipinski definition) is 3. The van der Waals surface area contributed by atoms with E-state index in [0.717, 1.165) is 45.4 Å². The third kappa shape index (κ3) is 3.73. The Morgan fingerprint density at radius 1 is 1.35 bits per heavy atom. The molecule has 1 aliphatic rings. The molecule has 0 aliphatic carbocycles. The molecule has 1 saturated heterocycles. The number of piperidine rings is 1. The Kier molecular flexibility index (Phi) is 5.41. The third-order valence-electron chi connectivity index (χ3n) is 3.97. The van der Waals surface area contributed by atoms with Crippen LogP contribution in [0.2, 0.25) is 0 Å². The number of nitrogens with zero attached hydrogens (tertiary/aromatic N) is 1. The number of rotatable bonds is 6. The fourth-order valence-electron chi connectivity index (χ4n) is 2.77. The topological polar surface area (TPSA) is 58.4 Å². The summed E-state index contributed by atoms with van der Waals surface area (Å²) in [6.07, 6.45) is 2.88. The highest BCUT2D eigenvalue weighted by Crippen LogP contribution is 2.26. The first kappa shape index (κ1) is 14.9. The van der Waals surface area contributed by atoms with Gasteiger partial charge < -0.3 is 16.0 Å². The number of para-hydroxylation sites is 1. The quantitative estimate of drug-likeness (QED) is 0.779. The minimum Gasteiger partial charge on any atom is -0.371 e. The molecule has 4 nitrogen and oxygen atoms in total. The van der Waals surface area contributed by atoms with Crippen molar-refractivity contribution in [3.8, 4) is 0 Å². The normalized spacial score (nSPS) is 16.4. The number of carbonyl (C=O) groups excluding carboxylic acids is 1. The number of anilines is 1. The molecule has 1 aromatic rings. The Morgan fingerprint density at radius 3 is 2.70 bits per heavy atom. The summed E-state index contributed by atoms with van der Waals surface area (Å²) < 4.78 is 0. The van der Waals surface area contributed by atoms with Crippen LogP contribution < -0.4 is 16.0 Å². The fraction of sp³-hybridized carbons (Fsp3) is 0.562. The molecule has 20 heavy (non-hydrogen) atoms. The van der Waals surface area contributed by atoms with Gasteiger partial charge in [-0.3, -0.25) is 4.79 Å². The minimum absolute atomic E-state index is 0.0524. The smallest absolute Gasteiger partial charge is 0.220 e. The summed E-state index contributed by atoms with van der Waals surface area (Å²) in [5.74, 6) is -0.0980. The molecule has 0 bridgehead atoms. The van der Waals surface area contributed by atoms with E-state index in [2.05, 4.69) is 41.4 Å². The van der Waals surface area contributed by atoms with E-state index in [1.807, 2.05) is 0 Å². The van der Waals surface area contributed by atoms with Gasteiger partial charge in [0.2, 0.25) is 5.91 Å². The Hall–Kier alpha value is -1.55. The van der Waals surface area contributed by atoms with Gasteiger partial charge in [-0.2, -0.15) is 0 Å². The highest BCUT2D eigenvalue weighted by molar-refractivity contribution is 5.77. The number of amides is 1. The van der Waals surface area contributed by atoms with Crippen LogP contribution in [0.5, 0.6) is 0 Å². The maximum atomic E-state index is 11.2. The van der Waals surface area contributed by atoms with Gasteiger partial charge in [0.25, 0.3) is 0 Å². The summed E-state index contributed by atoms with van der Waals surface area (Å²) in [5, 5.41) is 3.46. The van der Waals surface area contributed by atoms with Gasteiger partial charge in [-0.25, -0.2) is 0 Å². The molecular formula is C16H25N3O. The van der Waals surface area contributed by atoms with E-state index in [0.29, 0.717) is 0 Å². The van der Waals surface area contributed by atoms with Gasteiger partial charge in [0.05, 0.1) is 0 Å². The second kappa shape index (κ2) is 7.29. The van der Waals surface area contributed by atoms with Gasteiger partial charge in [0.15, 0.2) is 0 Å². The zero-order valence-corrected chi connectivity index (χ0v) is 12.3. The number of nitrogens with one attached hydrogen (secondary N) is 1. The molecule has 1 fully saturated rings. The molecule has 0 atom stereocenters. The van der Waals surface area contributed by atoms with Crippen LogP contribution in [0.4, 0.5) is 5.69 Å². The predicted octanol–water partition coefficient (Wildman–Crippen LogP) is 1.89. The molecule has 0 unspecified atom stereocenters. The average Bonchev–Trinajstić information content (AvgIpc) is 2.48. The molecule has 1 aromatic carbocycles. The van der Waals surface area contributed by atoms with Crippen molar-refractivity contribution in [2.45, 2.75) is 32.7 Å². The molecule has 1 amide bonds. The van der Waals surface area contributed by atoms with Crippen molar-refractivity contribution in [1.82, 2.24) is 5.32 Å². The van der Waals surface area contributed by atoms with Crippen LogP contribution in [-0.4, -0.2) is 25.5 Å². The van der Waals surface area contributed by atoms with E-state index in [9.17, 15) is 4.79 Å². The maximum Gasteiger partial charge on any atom is 0.220 e. The van der Waals surface area contributed by atoms with Crippen molar-refractivity contribution in [1.29, 1.82) is 0 Å². The molecule has 0 aromatic heterocycles. The van der Waals surface area contributed by atoms with Gasteiger partial charge in [-0.15, -0.1) is 0 Å². The molecule has 4 heteroatoms. The Balaban J connectivity index is 2.00. The molecule has 2 rings (SSSR count). The van der Waals surface area contributed by atoms with Crippen LogP contribution in [0.3, 0.4) is 0 Å². The van der Waals surface area contributed by atoms with Crippen LogP contribution in [-0.2, 0) is 11.3 Å². The highest BCUT2D eigenvalue weighted by Gasteiger charge is 2.24. The molecule has 0 spiro atoms. The Labute approximate surface area is 121 Å². The monoisotopic (exact) mass is 275 g/mol. The van der Waals surface area contributed by atoms with Crippen LogP contribution in [0.15, 0.2) is 24.3 Å². The molecule has 3 N–H and O–H groups in total. The second-order valence-corrected chi connectivity index (χ2v) is 5.47. The summed E-state index contributed by atoms with van der Waals surface area (Å²) in [5.41, 5.74) is 8.02. The lowest BCUT2D eigenvalue weighted by atomic mass is 9.95. The maximum absolute atomic E-state index is 11.2. The van der Waals surface area contributed by atoms with E-state index >= 15 is 0 Å². The molecule has 0 saturated carbocycles. The van der Waals surface area contributed by atoms with E-state index in [1.54, 1.807) is 0 Å². The van der Waals surface area contributed by atoms with E-state index in [4.69, 9.17) is 5.73 Å². The summed E-state index contributed by atoms with van der Waals surface area (Å²) in [4.78, 5) is 13.6. The Morgan fingerprint density at radius 2 is 2.05 bits per heavy atom. The van der Waals surface area contributed by atoms with Crippen molar-refractivity contribution in [3.05, 3.63) is 29.8 Å². The van der Waals surface area contributed by atoms with E-state index in [1.165, 1.54) is 11.3 Å². The summed E-state index contributed by atoms with van der Waals surface area (Å²) in [6.45, 7) is 5.95. The lowest BCUT2D eigenvalue weighted by Crippen LogP contribution is -2.39. The van der Waals surface area contributed by atoms with Gasteiger partial charge in [0.1, 0.15) is 0 Å². The Bertz CT molecular complexity index is 439. The molecule has 110 valence electrons. The predicted molar refractivity (Wildman–Crippen MR) is 82.6 cm³/mol. The number of nitrogens with two attached hydrogens (primary N) is 1. The largest absolute Gasteiger partial charge is 0.371 e. The standard InChI is InChI=1S/C16H25N3O/c1-2-9-18-12-14-5-3-4-6-15(14)19-10-7-13(8-11-19)16(17)20/h3-6,13,18H,2,7-12H2,1H3,(H2,17,20). The first-order valence-electron chi connectivity index (χ1n) is 7.55. The molecule has 1 aliphatic heterocycles. The van der Waals surface area contributed by atoms with Crippen molar-refractivity contribution in [3.63, 3.8) is 0 Å². The minimum atomic E-state index is -0.150. The number of benzene rings is 1. The van der Waals surface area contributed by atoms with Crippen LogP contribution >= 0.6 is 0 Å². The molecule has 1 heterocycles. The lowest BCUT2D eigenvalue weighted by molar-refractivity contribution is -0.122. The van der Waals surface area contributed by atoms with Crippen molar-refractivity contribution in [2.75, 3.05) is 24.5 Å². The first-order valence-corrected chi connectivity index (χ1v) is 7.55. The summed E-state index contributed by atoms with van der Waals surface area (Å²) in [7, 11) is 0. The summed E-state index contributed by atoms with van der Waals surface area (Å²) >= 11 is 0. The summed E-state index contributed by atoms with van der Waals surface area (Å²) in [6, 6.07) is 8.52. The van der Waals surface area contributed by atoms with E-state index in [-0.39, 0.29) is 11.8 Å². The highest BCUT2D eigenvalue weighted by atomic mass is 16.1. The van der Waals surface area contributed by atoms with Gasteiger partial charge in [-0.05, 0) is 37.4 Å². The van der Waals surface area contributed by atoms with E-state index < -0.39 is 0 Å². The van der Waals surface area contributed by atoms with Crippen LogP contribution in [0, 0.1) is 5.92 Å². The van der Waals surface area contributed by atoms with Gasteiger partial charge in [-0.1, -0.05) is 25.1 Å². The number of carbonyl (C=O) groups is 1. The van der Waals surface area contributed by atoms with Gasteiger partial charge >= 0.3 is 0 Å². The number of hydrogen-bond donors (Lipinski definition) is 2. The zero-order chi connectivity index (χ0) is 14.4. The molecular weight excluding hydrogens is 250 g/mol. The lowest BCUT2D eigenvalue weighted by Gasteiger charge is -2.33. The van der Waals surface area contributed by atoms with Crippen molar-refractivity contribution in [2.24, 2.45) is 11.7 Å². The third-order valence-corrected chi connectivity index (χ3v) is 3.97. The average molecular weight is 275 g/mol. The molecule has 0 radical (unpaired) electrons. The second-order valence-electron chi connectivity index (χ2n) is 5.47. The van der Waals surface area contributed by atoms with Crippen molar-refractivity contribution >= 4 is 11.6 Å².